The van der Waals surface area contributed by atoms with Gasteiger partial charge in [-0.25, -0.2) is 0 Å². The van der Waals surface area contributed by atoms with E-state index in [1.807, 2.05) is 19.1 Å². The SMILES string of the molecule is C=C(C)/C(C)=C(\C=C/CC)c1ccc(C[C@H](N)C(=O)OC)cc1. The molecule has 0 unspecified atom stereocenters. The summed E-state index contributed by atoms with van der Waals surface area (Å²) in [5.74, 6) is -0.390. The first kappa shape index (κ1) is 18.9. The van der Waals surface area contributed by atoms with Crippen LogP contribution in [0.5, 0.6) is 0 Å². The molecule has 0 saturated carbocycles. The van der Waals surface area contributed by atoms with Crippen LogP contribution < -0.4 is 5.73 Å². The van der Waals surface area contributed by atoms with Crippen LogP contribution in [-0.4, -0.2) is 19.1 Å². The molecule has 1 atom stereocenters. The predicted octanol–water partition coefficient (Wildman–Crippen LogP) is 4.05. The smallest absolute Gasteiger partial charge is 0.322 e. The zero-order chi connectivity index (χ0) is 17.4. The standard InChI is InChI=1S/C20H27NO2/c1-6-7-8-18(15(4)14(2)3)17-11-9-16(10-12-17)13-19(21)20(22)23-5/h7-12,19H,2,6,13,21H2,1,3-5H3/b8-7-,18-15+/t19-/m0/s1. The van der Waals surface area contributed by atoms with Crippen LogP contribution >= 0.6 is 0 Å². The molecule has 0 bridgehead atoms. The van der Waals surface area contributed by atoms with Gasteiger partial charge < -0.3 is 10.5 Å². The van der Waals surface area contributed by atoms with Gasteiger partial charge in [-0.15, -0.1) is 0 Å². The summed E-state index contributed by atoms with van der Waals surface area (Å²) < 4.78 is 4.66. The fraction of sp³-hybridized carbons (Fsp3) is 0.350. The Hall–Kier alpha value is -2.13. The molecule has 1 rings (SSSR count). The molecule has 1 aromatic carbocycles. The largest absolute Gasteiger partial charge is 0.468 e. The van der Waals surface area contributed by atoms with E-state index in [9.17, 15) is 4.79 Å². The summed E-state index contributed by atoms with van der Waals surface area (Å²) in [4.78, 5) is 11.4. The molecule has 0 aromatic heterocycles. The van der Waals surface area contributed by atoms with E-state index < -0.39 is 12.0 Å². The fourth-order valence-corrected chi connectivity index (χ4v) is 2.21. The van der Waals surface area contributed by atoms with Gasteiger partial charge in [-0.2, -0.15) is 0 Å². The highest BCUT2D eigenvalue weighted by atomic mass is 16.5. The molecule has 0 aliphatic rings. The summed E-state index contributed by atoms with van der Waals surface area (Å²) in [7, 11) is 1.35. The van der Waals surface area contributed by atoms with Crippen molar-refractivity contribution in [2.24, 2.45) is 5.73 Å². The van der Waals surface area contributed by atoms with E-state index in [-0.39, 0.29) is 0 Å². The Morgan fingerprint density at radius 2 is 1.91 bits per heavy atom. The van der Waals surface area contributed by atoms with Crippen LogP contribution in [0.3, 0.4) is 0 Å². The van der Waals surface area contributed by atoms with Gasteiger partial charge >= 0.3 is 5.97 Å². The van der Waals surface area contributed by atoms with E-state index >= 15 is 0 Å². The number of rotatable bonds is 7. The fourth-order valence-electron chi connectivity index (χ4n) is 2.21. The van der Waals surface area contributed by atoms with E-state index in [2.05, 4.69) is 49.4 Å². The lowest BCUT2D eigenvalue weighted by Crippen LogP contribution is -2.33. The Morgan fingerprint density at radius 1 is 1.30 bits per heavy atom. The number of allylic oxidation sites excluding steroid dienone is 5. The molecule has 0 spiro atoms. The molecule has 0 aliphatic carbocycles. The van der Waals surface area contributed by atoms with Crippen LogP contribution in [0, 0.1) is 0 Å². The number of ether oxygens (including phenoxy) is 1. The second-order valence-electron chi connectivity index (χ2n) is 5.66. The van der Waals surface area contributed by atoms with E-state index in [0.29, 0.717) is 6.42 Å². The molecule has 3 nitrogen and oxygen atoms in total. The molecule has 2 N–H and O–H groups in total. The first-order valence-electron chi connectivity index (χ1n) is 7.86. The molecule has 1 aromatic rings. The van der Waals surface area contributed by atoms with Gasteiger partial charge in [0.15, 0.2) is 0 Å². The number of hydrogen-bond donors (Lipinski definition) is 1. The van der Waals surface area contributed by atoms with Crippen LogP contribution in [0.25, 0.3) is 5.57 Å². The second kappa shape index (κ2) is 9.11. The number of carbonyl (C=O) groups is 1. The van der Waals surface area contributed by atoms with E-state index in [4.69, 9.17) is 5.73 Å². The molecule has 3 heteroatoms. The van der Waals surface area contributed by atoms with Gasteiger partial charge in [0.05, 0.1) is 7.11 Å². The van der Waals surface area contributed by atoms with Crippen molar-refractivity contribution in [2.75, 3.05) is 7.11 Å². The minimum atomic E-state index is -0.627. The van der Waals surface area contributed by atoms with Gasteiger partial charge in [-0.1, -0.05) is 55.5 Å². The Bertz CT molecular complexity index is 609. The average molecular weight is 313 g/mol. The first-order chi connectivity index (χ1) is 10.9. The summed E-state index contributed by atoms with van der Waals surface area (Å²) in [5, 5.41) is 0. The minimum absolute atomic E-state index is 0.390. The zero-order valence-electron chi connectivity index (χ0n) is 14.6. The van der Waals surface area contributed by atoms with Crippen molar-refractivity contribution in [3.05, 3.63) is 65.3 Å². The topological polar surface area (TPSA) is 52.3 Å². The summed E-state index contributed by atoms with van der Waals surface area (Å²) in [6.07, 6.45) is 5.73. The van der Waals surface area contributed by atoms with Crippen molar-refractivity contribution in [1.82, 2.24) is 0 Å². The van der Waals surface area contributed by atoms with Crippen LogP contribution in [-0.2, 0) is 16.0 Å². The Labute approximate surface area is 139 Å². The maximum atomic E-state index is 11.4. The van der Waals surface area contributed by atoms with Crippen molar-refractivity contribution in [3.63, 3.8) is 0 Å². The van der Waals surface area contributed by atoms with Crippen molar-refractivity contribution in [3.8, 4) is 0 Å². The molecule has 124 valence electrons. The van der Waals surface area contributed by atoms with Crippen LogP contribution in [0.15, 0.2) is 54.1 Å². The Balaban J connectivity index is 3.05. The number of nitrogens with two attached hydrogens (primary N) is 1. The lowest BCUT2D eigenvalue weighted by Gasteiger charge is -2.12. The molecule has 0 aliphatic heterocycles. The van der Waals surface area contributed by atoms with Gasteiger partial charge in [0.25, 0.3) is 0 Å². The summed E-state index contributed by atoms with van der Waals surface area (Å²) in [5.41, 5.74) is 11.3. The molecule has 0 saturated heterocycles. The maximum absolute atomic E-state index is 11.4. The zero-order valence-corrected chi connectivity index (χ0v) is 14.6. The highest BCUT2D eigenvalue weighted by molar-refractivity contribution is 5.79. The second-order valence-corrected chi connectivity index (χ2v) is 5.66. The van der Waals surface area contributed by atoms with Crippen LogP contribution in [0.4, 0.5) is 0 Å². The number of carbonyl (C=O) groups excluding carboxylic acids is 1. The molecular weight excluding hydrogens is 286 g/mol. The summed E-state index contributed by atoms with van der Waals surface area (Å²) >= 11 is 0. The van der Waals surface area contributed by atoms with Crippen molar-refractivity contribution >= 4 is 11.5 Å². The molecule has 0 radical (unpaired) electrons. The molecular formula is C20H27NO2. The maximum Gasteiger partial charge on any atom is 0.322 e. The molecule has 0 fully saturated rings. The Kier molecular flexibility index (Phi) is 7.49. The lowest BCUT2D eigenvalue weighted by molar-refractivity contribution is -0.142. The highest BCUT2D eigenvalue weighted by Gasteiger charge is 2.14. The van der Waals surface area contributed by atoms with E-state index in [1.54, 1.807) is 0 Å². The third kappa shape index (κ3) is 5.53. The third-order valence-corrected chi connectivity index (χ3v) is 3.79. The first-order valence-corrected chi connectivity index (χ1v) is 7.86. The van der Waals surface area contributed by atoms with Gasteiger partial charge in [0.1, 0.15) is 6.04 Å². The predicted molar refractivity (Wildman–Crippen MR) is 97.0 cm³/mol. The number of esters is 1. The van der Waals surface area contributed by atoms with Crippen molar-refractivity contribution in [2.45, 2.75) is 39.7 Å². The monoisotopic (exact) mass is 313 g/mol. The summed E-state index contributed by atoms with van der Waals surface area (Å²) in [6, 6.07) is 7.49. The van der Waals surface area contributed by atoms with Gasteiger partial charge in [0.2, 0.25) is 0 Å². The van der Waals surface area contributed by atoms with Gasteiger partial charge in [0, 0.05) is 0 Å². The van der Waals surface area contributed by atoms with Gasteiger partial charge in [-0.3, -0.25) is 4.79 Å². The quantitative estimate of drug-likeness (QED) is 0.610. The van der Waals surface area contributed by atoms with E-state index in [1.165, 1.54) is 18.3 Å². The lowest BCUT2D eigenvalue weighted by atomic mass is 9.95. The molecule has 0 amide bonds. The number of benzene rings is 1. The highest BCUT2D eigenvalue weighted by Crippen LogP contribution is 2.25. The van der Waals surface area contributed by atoms with E-state index in [0.717, 1.165) is 23.1 Å². The number of methoxy groups -OCH3 is 1. The normalized spacial score (nSPS) is 13.6. The average Bonchev–Trinajstić information content (AvgIpc) is 2.55. The van der Waals surface area contributed by atoms with Crippen molar-refractivity contribution < 1.29 is 9.53 Å². The third-order valence-electron chi connectivity index (χ3n) is 3.79. The van der Waals surface area contributed by atoms with Gasteiger partial charge in [-0.05, 0) is 49.0 Å². The number of hydrogen-bond acceptors (Lipinski definition) is 3. The van der Waals surface area contributed by atoms with Crippen molar-refractivity contribution in [1.29, 1.82) is 0 Å². The molecule has 0 heterocycles. The minimum Gasteiger partial charge on any atom is -0.468 e. The Morgan fingerprint density at radius 3 is 2.39 bits per heavy atom. The van der Waals surface area contributed by atoms with Crippen LogP contribution in [0.2, 0.25) is 0 Å². The summed E-state index contributed by atoms with van der Waals surface area (Å²) in [6.45, 7) is 10.2. The van der Waals surface area contributed by atoms with Crippen LogP contribution in [0.1, 0.15) is 38.3 Å². The molecule has 23 heavy (non-hydrogen) atoms.